The Hall–Kier alpha value is -1.84. The van der Waals surface area contributed by atoms with Gasteiger partial charge in [0.2, 0.25) is 0 Å². The Morgan fingerprint density at radius 2 is 1.55 bits per heavy atom. The second-order valence-corrected chi connectivity index (χ2v) is 4.88. The number of benzene rings is 2. The highest BCUT2D eigenvalue weighted by molar-refractivity contribution is 5.36. The summed E-state index contributed by atoms with van der Waals surface area (Å²) in [5.41, 5.74) is 4.56. The molecule has 0 spiro atoms. The molecule has 2 N–H and O–H groups in total. The third-order valence-corrected chi connectivity index (χ3v) is 3.32. The van der Waals surface area contributed by atoms with Crippen LogP contribution in [-0.2, 0) is 19.7 Å². The van der Waals surface area contributed by atoms with Gasteiger partial charge in [-0.15, -0.1) is 0 Å². The molecule has 0 aliphatic heterocycles. The van der Waals surface area contributed by atoms with Crippen LogP contribution in [0.5, 0.6) is 5.75 Å². The molecule has 0 aromatic heterocycles. The van der Waals surface area contributed by atoms with Crippen LogP contribution in [0.1, 0.15) is 22.3 Å². The number of aliphatic hydroxyl groups excluding tert-OH is 1. The maximum atomic E-state index is 9.00. The van der Waals surface area contributed by atoms with Crippen LogP contribution in [0.3, 0.4) is 0 Å². The zero-order chi connectivity index (χ0) is 14.4. The molecule has 0 fully saturated rings. The normalized spacial score (nSPS) is 10.6. The highest BCUT2D eigenvalue weighted by Crippen LogP contribution is 2.18. The van der Waals surface area contributed by atoms with Crippen molar-refractivity contribution in [2.24, 2.45) is 0 Å². The minimum atomic E-state index is 0.0961. The van der Waals surface area contributed by atoms with Crippen LogP contribution in [0, 0.1) is 6.92 Å². The van der Waals surface area contributed by atoms with E-state index in [1.807, 2.05) is 30.3 Å². The summed E-state index contributed by atoms with van der Waals surface area (Å²) in [4.78, 5) is 0. The fraction of sp³-hybridized carbons (Fsp3) is 0.294. The fourth-order valence-electron chi connectivity index (χ4n) is 2.16. The number of ether oxygens (including phenoxy) is 1. The predicted molar refractivity (Wildman–Crippen MR) is 80.6 cm³/mol. The Balaban J connectivity index is 1.87. The fourth-order valence-corrected chi connectivity index (χ4v) is 2.16. The molecule has 0 saturated heterocycles. The second kappa shape index (κ2) is 7.08. The summed E-state index contributed by atoms with van der Waals surface area (Å²) in [6, 6.07) is 14.2. The van der Waals surface area contributed by atoms with Gasteiger partial charge < -0.3 is 15.2 Å². The maximum absolute atomic E-state index is 9.00. The van der Waals surface area contributed by atoms with Crippen molar-refractivity contribution in [3.05, 3.63) is 64.7 Å². The average Bonchev–Trinajstić information content (AvgIpc) is 2.48. The van der Waals surface area contributed by atoms with Gasteiger partial charge in [0.15, 0.2) is 0 Å². The summed E-state index contributed by atoms with van der Waals surface area (Å²) in [6.45, 7) is 3.79. The first kappa shape index (κ1) is 14.6. The molecule has 0 radical (unpaired) electrons. The molecule has 0 saturated carbocycles. The highest BCUT2D eigenvalue weighted by Gasteiger charge is 2.00. The molecule has 2 aromatic rings. The molecule has 0 unspecified atom stereocenters. The summed E-state index contributed by atoms with van der Waals surface area (Å²) in [5.74, 6) is 0.924. The minimum Gasteiger partial charge on any atom is -0.496 e. The lowest BCUT2D eigenvalue weighted by molar-refractivity contribution is 0.282. The van der Waals surface area contributed by atoms with E-state index in [4.69, 9.17) is 9.84 Å². The summed E-state index contributed by atoms with van der Waals surface area (Å²) in [7, 11) is 1.69. The Bertz CT molecular complexity index is 549. The first-order chi connectivity index (χ1) is 9.72. The van der Waals surface area contributed by atoms with Crippen LogP contribution in [0.25, 0.3) is 0 Å². The molecule has 0 amide bonds. The van der Waals surface area contributed by atoms with Crippen molar-refractivity contribution < 1.29 is 9.84 Å². The molecular formula is C17H21NO2. The van der Waals surface area contributed by atoms with E-state index in [1.165, 1.54) is 11.1 Å². The topological polar surface area (TPSA) is 41.5 Å². The molecule has 3 nitrogen and oxygen atoms in total. The van der Waals surface area contributed by atoms with Crippen molar-refractivity contribution in [3.8, 4) is 5.75 Å². The van der Waals surface area contributed by atoms with E-state index in [9.17, 15) is 0 Å². The smallest absolute Gasteiger partial charge is 0.121 e. The average molecular weight is 271 g/mol. The SMILES string of the molecule is COc1ccc(CNCc2ccc(CO)cc2)cc1C. The van der Waals surface area contributed by atoms with Gasteiger partial charge in [-0.1, -0.05) is 36.4 Å². The van der Waals surface area contributed by atoms with Crippen molar-refractivity contribution in [3.63, 3.8) is 0 Å². The Kier molecular flexibility index (Phi) is 5.16. The molecule has 2 rings (SSSR count). The first-order valence-corrected chi connectivity index (χ1v) is 6.76. The number of hydrogen-bond acceptors (Lipinski definition) is 3. The Morgan fingerprint density at radius 3 is 2.15 bits per heavy atom. The number of aryl methyl sites for hydroxylation is 1. The van der Waals surface area contributed by atoms with Crippen LogP contribution >= 0.6 is 0 Å². The molecule has 0 atom stereocenters. The zero-order valence-corrected chi connectivity index (χ0v) is 12.0. The standard InChI is InChI=1S/C17H21NO2/c1-13-9-16(7-8-17(13)20-2)11-18-10-14-3-5-15(12-19)6-4-14/h3-9,18-19H,10-12H2,1-2H3. The molecule has 3 heteroatoms. The summed E-state index contributed by atoms with van der Waals surface area (Å²) in [5, 5.41) is 12.4. The van der Waals surface area contributed by atoms with Crippen molar-refractivity contribution >= 4 is 0 Å². The van der Waals surface area contributed by atoms with Crippen LogP contribution in [0.4, 0.5) is 0 Å². The van der Waals surface area contributed by atoms with Gasteiger partial charge >= 0.3 is 0 Å². The Morgan fingerprint density at radius 1 is 0.950 bits per heavy atom. The number of hydrogen-bond donors (Lipinski definition) is 2. The lowest BCUT2D eigenvalue weighted by Gasteiger charge is -2.09. The van der Waals surface area contributed by atoms with Crippen molar-refractivity contribution in [1.29, 1.82) is 0 Å². The number of rotatable bonds is 6. The largest absolute Gasteiger partial charge is 0.496 e. The van der Waals surface area contributed by atoms with Gasteiger partial charge in [0.25, 0.3) is 0 Å². The van der Waals surface area contributed by atoms with E-state index in [2.05, 4.69) is 24.4 Å². The second-order valence-electron chi connectivity index (χ2n) is 4.88. The van der Waals surface area contributed by atoms with E-state index in [1.54, 1.807) is 7.11 Å². The third-order valence-electron chi connectivity index (χ3n) is 3.32. The first-order valence-electron chi connectivity index (χ1n) is 6.76. The maximum Gasteiger partial charge on any atom is 0.121 e. The molecular weight excluding hydrogens is 250 g/mol. The molecule has 0 aliphatic rings. The number of aliphatic hydroxyl groups is 1. The third kappa shape index (κ3) is 3.83. The molecule has 0 aliphatic carbocycles. The molecule has 0 bridgehead atoms. The van der Waals surface area contributed by atoms with E-state index in [-0.39, 0.29) is 6.61 Å². The van der Waals surface area contributed by atoms with Gasteiger partial charge in [0.05, 0.1) is 13.7 Å². The van der Waals surface area contributed by atoms with Gasteiger partial charge in [-0.25, -0.2) is 0 Å². The van der Waals surface area contributed by atoms with E-state index in [0.717, 1.165) is 30.0 Å². The van der Waals surface area contributed by atoms with Crippen molar-refractivity contribution in [2.45, 2.75) is 26.6 Å². The van der Waals surface area contributed by atoms with Crippen LogP contribution in [-0.4, -0.2) is 12.2 Å². The van der Waals surface area contributed by atoms with Crippen molar-refractivity contribution in [1.82, 2.24) is 5.32 Å². The number of methoxy groups -OCH3 is 1. The van der Waals surface area contributed by atoms with Crippen molar-refractivity contribution in [2.75, 3.05) is 7.11 Å². The van der Waals surface area contributed by atoms with Crippen LogP contribution < -0.4 is 10.1 Å². The monoisotopic (exact) mass is 271 g/mol. The van der Waals surface area contributed by atoms with E-state index < -0.39 is 0 Å². The van der Waals surface area contributed by atoms with Gasteiger partial charge in [-0.05, 0) is 35.2 Å². The van der Waals surface area contributed by atoms with Gasteiger partial charge in [-0.3, -0.25) is 0 Å². The van der Waals surface area contributed by atoms with Crippen LogP contribution in [0.15, 0.2) is 42.5 Å². The van der Waals surface area contributed by atoms with Gasteiger partial charge in [0.1, 0.15) is 5.75 Å². The summed E-state index contributed by atoms with van der Waals surface area (Å²) >= 11 is 0. The van der Waals surface area contributed by atoms with E-state index >= 15 is 0 Å². The highest BCUT2D eigenvalue weighted by atomic mass is 16.5. The minimum absolute atomic E-state index is 0.0961. The van der Waals surface area contributed by atoms with Crippen LogP contribution in [0.2, 0.25) is 0 Å². The molecule has 0 heterocycles. The Labute approximate surface area is 120 Å². The van der Waals surface area contributed by atoms with Gasteiger partial charge in [-0.2, -0.15) is 0 Å². The lowest BCUT2D eigenvalue weighted by Crippen LogP contribution is -2.12. The van der Waals surface area contributed by atoms with Gasteiger partial charge in [0, 0.05) is 13.1 Å². The lowest BCUT2D eigenvalue weighted by atomic mass is 10.1. The van der Waals surface area contributed by atoms with E-state index in [0.29, 0.717) is 0 Å². The zero-order valence-electron chi connectivity index (χ0n) is 12.0. The molecule has 20 heavy (non-hydrogen) atoms. The predicted octanol–water partition coefficient (Wildman–Crippen LogP) is 2.79. The quantitative estimate of drug-likeness (QED) is 0.849. The molecule has 106 valence electrons. The molecule has 2 aromatic carbocycles. The summed E-state index contributed by atoms with van der Waals surface area (Å²) in [6.07, 6.45) is 0. The number of nitrogens with one attached hydrogen (secondary N) is 1. The summed E-state index contributed by atoms with van der Waals surface area (Å²) < 4.78 is 5.25.